The zero-order valence-corrected chi connectivity index (χ0v) is 20.7. The number of fused-ring (bicyclic) bond motifs is 1. The molecule has 8 heteroatoms. The maximum Gasteiger partial charge on any atom is 0.255 e. The van der Waals surface area contributed by atoms with Gasteiger partial charge in [-0.05, 0) is 55.2 Å². The number of rotatable bonds is 8. The van der Waals surface area contributed by atoms with Crippen molar-refractivity contribution in [2.45, 2.75) is 39.7 Å². The summed E-state index contributed by atoms with van der Waals surface area (Å²) in [4.78, 5) is 37.9. The molecule has 0 fully saturated rings. The zero-order valence-electron chi connectivity index (χ0n) is 20.7. The first kappa shape index (κ1) is 24.2. The summed E-state index contributed by atoms with van der Waals surface area (Å²) < 4.78 is 0. The van der Waals surface area contributed by atoms with E-state index in [1.165, 1.54) is 0 Å². The van der Waals surface area contributed by atoms with Crippen LogP contribution in [0.5, 0.6) is 0 Å². The van der Waals surface area contributed by atoms with Gasteiger partial charge in [-0.3, -0.25) is 14.6 Å². The highest BCUT2D eigenvalue weighted by molar-refractivity contribution is 6.05. The molecule has 0 saturated carbocycles. The van der Waals surface area contributed by atoms with Gasteiger partial charge in [0.05, 0.1) is 17.6 Å². The van der Waals surface area contributed by atoms with Crippen LogP contribution >= 0.6 is 0 Å². The smallest absolute Gasteiger partial charge is 0.255 e. The predicted molar refractivity (Wildman–Crippen MR) is 140 cm³/mol. The Morgan fingerprint density at radius 1 is 1.06 bits per heavy atom. The van der Waals surface area contributed by atoms with Crippen LogP contribution in [0.3, 0.4) is 0 Å². The summed E-state index contributed by atoms with van der Waals surface area (Å²) in [7, 11) is 1.81. The highest BCUT2D eigenvalue weighted by Crippen LogP contribution is 2.38. The molecule has 1 unspecified atom stereocenters. The van der Waals surface area contributed by atoms with Crippen LogP contribution < -0.4 is 20.4 Å². The normalized spacial score (nSPS) is 15.2. The lowest BCUT2D eigenvalue weighted by molar-refractivity contribution is -0.120. The summed E-state index contributed by atoms with van der Waals surface area (Å²) in [5.74, 6) is 1.14. The van der Waals surface area contributed by atoms with Crippen molar-refractivity contribution >= 4 is 40.4 Å². The van der Waals surface area contributed by atoms with Gasteiger partial charge in [-0.15, -0.1) is 0 Å². The molecule has 2 aromatic heterocycles. The number of hydrogen-bond donors (Lipinski definition) is 2. The molecule has 1 atom stereocenters. The number of anilines is 5. The van der Waals surface area contributed by atoms with Crippen LogP contribution in [0.4, 0.5) is 28.6 Å². The molecule has 4 rings (SSSR count). The van der Waals surface area contributed by atoms with Gasteiger partial charge >= 0.3 is 0 Å². The lowest BCUT2D eigenvalue weighted by Gasteiger charge is -2.41. The third-order valence-corrected chi connectivity index (χ3v) is 6.22. The van der Waals surface area contributed by atoms with Gasteiger partial charge in [0, 0.05) is 49.0 Å². The topological polar surface area (TPSA) is 90.5 Å². The van der Waals surface area contributed by atoms with Crippen molar-refractivity contribution < 1.29 is 9.59 Å². The lowest BCUT2D eigenvalue weighted by Crippen LogP contribution is -2.52. The van der Waals surface area contributed by atoms with Crippen molar-refractivity contribution in [1.82, 2.24) is 9.97 Å². The fraction of sp³-hybridized carbons (Fsp3) is 0.333. The third-order valence-electron chi connectivity index (χ3n) is 6.22. The molecule has 0 spiro atoms. The molecule has 0 aliphatic carbocycles. The van der Waals surface area contributed by atoms with Crippen LogP contribution in [-0.2, 0) is 4.79 Å². The molecule has 1 aliphatic rings. The first-order chi connectivity index (χ1) is 16.9. The Balaban J connectivity index is 1.53. The molecule has 2 amide bonds. The van der Waals surface area contributed by atoms with E-state index in [1.54, 1.807) is 47.8 Å². The SMILES string of the molecule is CCC1C(=O)N(C)c2cnc(Nc3ccc(C(=O)Nc4ccncc4)cc3)cc2N1CCC(C)C. The van der Waals surface area contributed by atoms with Crippen molar-refractivity contribution in [1.29, 1.82) is 0 Å². The molecule has 2 N–H and O–H groups in total. The molecule has 1 aliphatic heterocycles. The minimum atomic E-state index is -0.186. The van der Waals surface area contributed by atoms with Gasteiger partial charge in [-0.25, -0.2) is 4.98 Å². The average Bonchev–Trinajstić information content (AvgIpc) is 2.86. The summed E-state index contributed by atoms with van der Waals surface area (Å²) in [6, 6.07) is 12.6. The molecule has 3 aromatic rings. The second kappa shape index (κ2) is 10.5. The van der Waals surface area contributed by atoms with Crippen molar-refractivity contribution in [3.05, 3.63) is 66.6 Å². The number of hydrogen-bond acceptors (Lipinski definition) is 6. The minimum Gasteiger partial charge on any atom is -0.358 e. The standard InChI is InChI=1S/C27H32N6O2/c1-5-22-27(35)32(4)24-17-29-25(16-23(24)33(22)15-12-18(2)3)30-20-8-6-19(7-9-20)26(34)31-21-10-13-28-14-11-21/h6-11,13-14,16-18,22H,5,12,15H2,1-4H3,(H,29,30)(H,28,31,34). The second-order valence-electron chi connectivity index (χ2n) is 9.15. The Morgan fingerprint density at radius 2 is 1.77 bits per heavy atom. The Labute approximate surface area is 206 Å². The van der Waals surface area contributed by atoms with Gasteiger partial charge < -0.3 is 20.4 Å². The summed E-state index contributed by atoms with van der Waals surface area (Å²) in [6.45, 7) is 7.25. The van der Waals surface area contributed by atoms with Gasteiger partial charge in [0.25, 0.3) is 5.91 Å². The fourth-order valence-corrected chi connectivity index (χ4v) is 4.20. The summed E-state index contributed by atoms with van der Waals surface area (Å²) in [5.41, 5.74) is 3.89. The number of pyridine rings is 2. The average molecular weight is 473 g/mol. The number of amides is 2. The largest absolute Gasteiger partial charge is 0.358 e. The van der Waals surface area contributed by atoms with Gasteiger partial charge in [0.2, 0.25) is 5.91 Å². The molecule has 1 aromatic carbocycles. The summed E-state index contributed by atoms with van der Waals surface area (Å²) in [6.07, 6.45) is 6.76. The van der Waals surface area contributed by atoms with Crippen molar-refractivity contribution in [3.63, 3.8) is 0 Å². The Morgan fingerprint density at radius 3 is 2.43 bits per heavy atom. The van der Waals surface area contributed by atoms with Crippen molar-refractivity contribution in [2.75, 3.05) is 34.0 Å². The van der Waals surface area contributed by atoms with Gasteiger partial charge in [-0.2, -0.15) is 0 Å². The molecule has 35 heavy (non-hydrogen) atoms. The Kier molecular flexibility index (Phi) is 7.29. The maximum atomic E-state index is 13.0. The molecule has 0 radical (unpaired) electrons. The molecular weight excluding hydrogens is 440 g/mol. The van der Waals surface area contributed by atoms with E-state index in [-0.39, 0.29) is 17.9 Å². The van der Waals surface area contributed by atoms with Crippen LogP contribution in [0, 0.1) is 5.92 Å². The molecule has 0 saturated heterocycles. The molecule has 182 valence electrons. The van der Waals surface area contributed by atoms with Crippen LogP contribution in [0.2, 0.25) is 0 Å². The predicted octanol–water partition coefficient (Wildman–Crippen LogP) is 5.08. The van der Waals surface area contributed by atoms with E-state index in [9.17, 15) is 9.59 Å². The highest BCUT2D eigenvalue weighted by Gasteiger charge is 2.35. The van der Waals surface area contributed by atoms with Crippen LogP contribution in [-0.4, -0.2) is 41.4 Å². The van der Waals surface area contributed by atoms with Gasteiger partial charge in [0.15, 0.2) is 0 Å². The van der Waals surface area contributed by atoms with Gasteiger partial charge in [-0.1, -0.05) is 20.8 Å². The van der Waals surface area contributed by atoms with E-state index in [0.717, 1.165) is 36.4 Å². The summed E-state index contributed by atoms with van der Waals surface area (Å²) >= 11 is 0. The second-order valence-corrected chi connectivity index (χ2v) is 9.15. The van der Waals surface area contributed by atoms with E-state index in [1.807, 2.05) is 25.2 Å². The fourth-order valence-electron chi connectivity index (χ4n) is 4.20. The first-order valence-electron chi connectivity index (χ1n) is 12.0. The minimum absolute atomic E-state index is 0.104. The quantitative estimate of drug-likeness (QED) is 0.475. The number of nitrogens with one attached hydrogen (secondary N) is 2. The van der Waals surface area contributed by atoms with Crippen molar-refractivity contribution in [2.24, 2.45) is 5.92 Å². The van der Waals surface area contributed by atoms with Crippen LogP contribution in [0.15, 0.2) is 61.1 Å². The zero-order chi connectivity index (χ0) is 24.9. The molecular formula is C27H32N6O2. The number of carbonyl (C=O) groups is 2. The number of benzene rings is 1. The Bertz CT molecular complexity index is 1180. The monoisotopic (exact) mass is 472 g/mol. The number of carbonyl (C=O) groups excluding carboxylic acids is 2. The number of likely N-dealkylation sites (N-methyl/N-ethyl adjacent to an activating group) is 1. The molecule has 3 heterocycles. The maximum absolute atomic E-state index is 13.0. The Hall–Kier alpha value is -3.94. The van der Waals surface area contributed by atoms with E-state index in [4.69, 9.17) is 0 Å². The molecule has 8 nitrogen and oxygen atoms in total. The molecule has 0 bridgehead atoms. The summed E-state index contributed by atoms with van der Waals surface area (Å²) in [5, 5.41) is 6.19. The first-order valence-corrected chi connectivity index (χ1v) is 12.0. The van der Waals surface area contributed by atoms with E-state index in [2.05, 4.69) is 46.3 Å². The van der Waals surface area contributed by atoms with E-state index < -0.39 is 0 Å². The number of nitrogens with zero attached hydrogens (tertiary/aromatic N) is 4. The number of aromatic nitrogens is 2. The van der Waals surface area contributed by atoms with E-state index >= 15 is 0 Å². The van der Waals surface area contributed by atoms with Crippen LogP contribution in [0.1, 0.15) is 44.0 Å². The highest BCUT2D eigenvalue weighted by atomic mass is 16.2. The van der Waals surface area contributed by atoms with Gasteiger partial charge in [0.1, 0.15) is 11.9 Å². The van der Waals surface area contributed by atoms with Crippen LogP contribution in [0.25, 0.3) is 0 Å². The third kappa shape index (κ3) is 5.42. The van der Waals surface area contributed by atoms with Crippen molar-refractivity contribution in [3.8, 4) is 0 Å². The van der Waals surface area contributed by atoms with E-state index in [0.29, 0.717) is 23.0 Å². The lowest BCUT2D eigenvalue weighted by atomic mass is 10.0.